The van der Waals surface area contributed by atoms with Crippen LogP contribution in [0, 0.1) is 0 Å². The van der Waals surface area contributed by atoms with Gasteiger partial charge in [-0.1, -0.05) is 42.5 Å². The molecule has 1 aliphatic rings. The Morgan fingerprint density at radius 3 is 2.58 bits per heavy atom. The van der Waals surface area contributed by atoms with Crippen molar-refractivity contribution in [3.05, 3.63) is 66.5 Å². The summed E-state index contributed by atoms with van der Waals surface area (Å²) in [5.41, 5.74) is 2.16. The van der Waals surface area contributed by atoms with Gasteiger partial charge in [0, 0.05) is 25.0 Å². The maximum absolute atomic E-state index is 4.64. The minimum absolute atomic E-state index is 0. The molecule has 2 heterocycles. The van der Waals surface area contributed by atoms with Crippen LogP contribution >= 0.6 is 12.4 Å². The van der Waals surface area contributed by atoms with E-state index in [0.717, 1.165) is 36.4 Å². The third-order valence-corrected chi connectivity index (χ3v) is 4.75. The number of nitrogens with zero attached hydrogens (tertiary/aromatic N) is 3. The first-order valence-corrected chi connectivity index (χ1v) is 8.03. The van der Waals surface area contributed by atoms with Gasteiger partial charge in [0.25, 0.3) is 0 Å². The zero-order valence-electron chi connectivity index (χ0n) is 13.6. The van der Waals surface area contributed by atoms with Crippen molar-refractivity contribution in [2.75, 3.05) is 24.5 Å². The number of rotatable bonds is 2. The molecule has 4 rings (SSSR count). The number of hydrogen-bond acceptors (Lipinski definition) is 4. The fourth-order valence-electron chi connectivity index (χ4n) is 3.47. The van der Waals surface area contributed by atoms with Crippen LogP contribution in [0.3, 0.4) is 0 Å². The zero-order valence-corrected chi connectivity index (χ0v) is 14.5. The van der Waals surface area contributed by atoms with Gasteiger partial charge in [-0.2, -0.15) is 0 Å². The van der Waals surface area contributed by atoms with Crippen LogP contribution in [-0.2, 0) is 5.54 Å². The van der Waals surface area contributed by atoms with E-state index in [9.17, 15) is 0 Å². The summed E-state index contributed by atoms with van der Waals surface area (Å²) in [5.74, 6) is 1.02. The van der Waals surface area contributed by atoms with Gasteiger partial charge in [-0.15, -0.1) is 12.4 Å². The Kier molecular flexibility index (Phi) is 4.69. The standard InChI is InChI=1S/C19H20N4.ClH/c1-19(15-7-3-2-4-8-15)13-20-11-12-23(19)18-16-9-5-6-10-17(16)21-14-22-18;/h2-10,14,20H,11-13H2,1H3;1H. The smallest absolute Gasteiger partial charge is 0.140 e. The molecule has 5 heteroatoms. The molecule has 0 aliphatic carbocycles. The summed E-state index contributed by atoms with van der Waals surface area (Å²) in [7, 11) is 0. The fraction of sp³-hybridized carbons (Fsp3) is 0.263. The second kappa shape index (κ2) is 6.75. The molecule has 0 radical (unpaired) electrons. The van der Waals surface area contributed by atoms with Crippen molar-refractivity contribution in [1.29, 1.82) is 0 Å². The molecular formula is C19H21ClN4. The molecular weight excluding hydrogens is 320 g/mol. The van der Waals surface area contributed by atoms with Crippen molar-refractivity contribution in [3.63, 3.8) is 0 Å². The number of halogens is 1. The SMILES string of the molecule is CC1(c2ccccc2)CNCCN1c1ncnc2ccccc12.Cl. The molecule has 1 atom stereocenters. The van der Waals surface area contributed by atoms with Crippen molar-refractivity contribution < 1.29 is 0 Å². The lowest BCUT2D eigenvalue weighted by Gasteiger charge is -2.46. The van der Waals surface area contributed by atoms with Crippen LogP contribution < -0.4 is 10.2 Å². The molecule has 24 heavy (non-hydrogen) atoms. The van der Waals surface area contributed by atoms with E-state index in [-0.39, 0.29) is 17.9 Å². The third kappa shape index (κ3) is 2.72. The summed E-state index contributed by atoms with van der Waals surface area (Å²) in [6.45, 7) is 5.06. The topological polar surface area (TPSA) is 41.0 Å². The van der Waals surface area contributed by atoms with E-state index in [1.54, 1.807) is 6.33 Å². The van der Waals surface area contributed by atoms with Crippen LogP contribution in [0.15, 0.2) is 60.9 Å². The van der Waals surface area contributed by atoms with Crippen LogP contribution in [0.25, 0.3) is 10.9 Å². The lowest BCUT2D eigenvalue weighted by atomic mass is 9.88. The molecule has 1 unspecified atom stereocenters. The monoisotopic (exact) mass is 340 g/mol. The Hall–Kier alpha value is -2.17. The third-order valence-electron chi connectivity index (χ3n) is 4.75. The van der Waals surface area contributed by atoms with Gasteiger partial charge >= 0.3 is 0 Å². The molecule has 3 aromatic rings. The maximum Gasteiger partial charge on any atom is 0.140 e. The second-order valence-electron chi connectivity index (χ2n) is 6.18. The maximum atomic E-state index is 4.64. The highest BCUT2D eigenvalue weighted by Crippen LogP contribution is 2.35. The van der Waals surface area contributed by atoms with E-state index in [0.29, 0.717) is 0 Å². The largest absolute Gasteiger partial charge is 0.344 e. The number of anilines is 1. The second-order valence-corrected chi connectivity index (χ2v) is 6.18. The first-order chi connectivity index (χ1) is 11.3. The normalized spacial score (nSPS) is 20.6. The molecule has 124 valence electrons. The fourth-order valence-corrected chi connectivity index (χ4v) is 3.47. The van der Waals surface area contributed by atoms with Crippen LogP contribution in [0.4, 0.5) is 5.82 Å². The summed E-state index contributed by atoms with van der Waals surface area (Å²) in [6, 6.07) is 18.9. The van der Waals surface area contributed by atoms with Gasteiger partial charge in [0.1, 0.15) is 12.1 Å². The predicted molar refractivity (Wildman–Crippen MR) is 101 cm³/mol. The molecule has 1 fully saturated rings. The van der Waals surface area contributed by atoms with Crippen LogP contribution in [0.1, 0.15) is 12.5 Å². The molecule has 1 N–H and O–H groups in total. The summed E-state index contributed by atoms with van der Waals surface area (Å²) < 4.78 is 0. The molecule has 0 bridgehead atoms. The Balaban J connectivity index is 0.00000169. The van der Waals surface area contributed by atoms with Gasteiger partial charge < -0.3 is 10.2 Å². The van der Waals surface area contributed by atoms with Gasteiger partial charge in [-0.25, -0.2) is 9.97 Å². The molecule has 2 aromatic carbocycles. The highest BCUT2D eigenvalue weighted by molar-refractivity contribution is 5.89. The highest BCUT2D eigenvalue weighted by Gasteiger charge is 2.37. The number of aromatic nitrogens is 2. The molecule has 0 amide bonds. The van der Waals surface area contributed by atoms with E-state index in [1.165, 1.54) is 5.56 Å². The quantitative estimate of drug-likeness (QED) is 0.776. The number of para-hydroxylation sites is 1. The van der Waals surface area contributed by atoms with E-state index in [2.05, 4.69) is 69.6 Å². The number of hydrogen-bond donors (Lipinski definition) is 1. The number of benzene rings is 2. The molecule has 1 aromatic heterocycles. The summed E-state index contributed by atoms with van der Waals surface area (Å²) in [6.07, 6.45) is 1.67. The van der Waals surface area contributed by atoms with Crippen molar-refractivity contribution in [3.8, 4) is 0 Å². The molecule has 1 aliphatic heterocycles. The summed E-state index contributed by atoms with van der Waals surface area (Å²) in [5, 5.41) is 4.65. The van der Waals surface area contributed by atoms with E-state index >= 15 is 0 Å². The minimum Gasteiger partial charge on any atom is -0.344 e. The lowest BCUT2D eigenvalue weighted by Crippen LogP contribution is -2.58. The average molecular weight is 341 g/mol. The molecule has 0 spiro atoms. The number of fused-ring (bicyclic) bond motifs is 1. The van der Waals surface area contributed by atoms with E-state index in [4.69, 9.17) is 0 Å². The number of piperazine rings is 1. The molecule has 0 saturated carbocycles. The van der Waals surface area contributed by atoms with Gasteiger partial charge in [0.2, 0.25) is 0 Å². The Labute approximate surface area is 148 Å². The van der Waals surface area contributed by atoms with Gasteiger partial charge in [-0.3, -0.25) is 0 Å². The zero-order chi connectivity index (χ0) is 15.7. The van der Waals surface area contributed by atoms with Crippen LogP contribution in [-0.4, -0.2) is 29.6 Å². The van der Waals surface area contributed by atoms with Gasteiger partial charge in [-0.05, 0) is 24.6 Å². The van der Waals surface area contributed by atoms with E-state index < -0.39 is 0 Å². The molecule has 1 saturated heterocycles. The number of nitrogens with one attached hydrogen (secondary N) is 1. The minimum atomic E-state index is -0.128. The first kappa shape index (κ1) is 16.7. The predicted octanol–water partition coefficient (Wildman–Crippen LogP) is 3.38. The first-order valence-electron chi connectivity index (χ1n) is 8.03. The highest BCUT2D eigenvalue weighted by atomic mass is 35.5. The Morgan fingerprint density at radius 1 is 1.00 bits per heavy atom. The van der Waals surface area contributed by atoms with E-state index in [1.807, 2.05) is 12.1 Å². The Bertz CT molecular complexity index is 818. The summed E-state index contributed by atoms with van der Waals surface area (Å²) in [4.78, 5) is 11.5. The summed E-state index contributed by atoms with van der Waals surface area (Å²) >= 11 is 0. The van der Waals surface area contributed by atoms with Crippen molar-refractivity contribution in [2.45, 2.75) is 12.5 Å². The van der Waals surface area contributed by atoms with Crippen LogP contribution in [0.5, 0.6) is 0 Å². The average Bonchev–Trinajstić information content (AvgIpc) is 2.62. The van der Waals surface area contributed by atoms with Crippen molar-refractivity contribution in [2.24, 2.45) is 0 Å². The van der Waals surface area contributed by atoms with Crippen molar-refractivity contribution >= 4 is 29.1 Å². The Morgan fingerprint density at radius 2 is 1.75 bits per heavy atom. The van der Waals surface area contributed by atoms with Gasteiger partial charge in [0.05, 0.1) is 11.1 Å². The van der Waals surface area contributed by atoms with Crippen LogP contribution in [0.2, 0.25) is 0 Å². The van der Waals surface area contributed by atoms with Crippen molar-refractivity contribution in [1.82, 2.24) is 15.3 Å². The van der Waals surface area contributed by atoms with Gasteiger partial charge in [0.15, 0.2) is 0 Å². The molecule has 4 nitrogen and oxygen atoms in total. The lowest BCUT2D eigenvalue weighted by molar-refractivity contribution is 0.359.